The van der Waals surface area contributed by atoms with E-state index in [-0.39, 0.29) is 12.4 Å². The Morgan fingerprint density at radius 2 is 1.95 bits per heavy atom. The van der Waals surface area contributed by atoms with Crippen molar-refractivity contribution < 1.29 is 17.7 Å². The van der Waals surface area contributed by atoms with E-state index in [4.69, 9.17) is 0 Å². The van der Waals surface area contributed by atoms with Gasteiger partial charge in [-0.2, -0.15) is 22.8 Å². The lowest BCUT2D eigenvalue weighted by atomic mass is 10.1. The van der Waals surface area contributed by atoms with Gasteiger partial charge in [-0.1, -0.05) is 29.4 Å². The number of rotatable bonds is 3. The second kappa shape index (κ2) is 5.09. The van der Waals surface area contributed by atoms with Crippen LogP contribution >= 0.6 is 0 Å². The quantitative estimate of drug-likeness (QED) is 0.776. The number of tetrazole rings is 1. The van der Waals surface area contributed by atoms with Gasteiger partial charge in [-0.3, -0.25) is 0 Å². The van der Waals surface area contributed by atoms with Crippen LogP contribution < -0.4 is 5.69 Å². The SMILES string of the molecule is O=c1[nH]nnn1Cc1ccc(-c2noc(C(F)(F)F)n2)cc1. The molecule has 0 aliphatic heterocycles. The Morgan fingerprint density at radius 1 is 1.23 bits per heavy atom. The smallest absolute Gasteiger partial charge is 0.329 e. The highest BCUT2D eigenvalue weighted by molar-refractivity contribution is 5.54. The first kappa shape index (κ1) is 14.0. The molecule has 0 spiro atoms. The maximum absolute atomic E-state index is 12.4. The van der Waals surface area contributed by atoms with Crippen molar-refractivity contribution in [2.45, 2.75) is 12.7 Å². The molecule has 0 saturated carbocycles. The van der Waals surface area contributed by atoms with Crippen LogP contribution in [0.15, 0.2) is 33.6 Å². The van der Waals surface area contributed by atoms with Crippen LogP contribution in [-0.4, -0.2) is 30.3 Å². The summed E-state index contributed by atoms with van der Waals surface area (Å²) in [6, 6.07) is 6.26. The Labute approximate surface area is 119 Å². The van der Waals surface area contributed by atoms with Gasteiger partial charge in [0, 0.05) is 5.56 Å². The molecule has 3 aromatic rings. The summed E-state index contributed by atoms with van der Waals surface area (Å²) in [7, 11) is 0. The first-order chi connectivity index (χ1) is 10.4. The molecule has 1 aromatic carbocycles. The van der Waals surface area contributed by atoms with Crippen molar-refractivity contribution in [3.63, 3.8) is 0 Å². The summed E-state index contributed by atoms with van der Waals surface area (Å²) in [5, 5.41) is 12.3. The first-order valence-electron chi connectivity index (χ1n) is 5.92. The molecule has 2 heterocycles. The molecule has 22 heavy (non-hydrogen) atoms. The molecule has 0 unspecified atom stereocenters. The zero-order chi connectivity index (χ0) is 15.7. The van der Waals surface area contributed by atoms with Crippen molar-refractivity contribution in [1.82, 2.24) is 30.3 Å². The molecule has 0 aliphatic carbocycles. The lowest BCUT2D eigenvalue weighted by Gasteiger charge is -2.00. The summed E-state index contributed by atoms with van der Waals surface area (Å²) in [5.74, 6) is -1.57. The van der Waals surface area contributed by atoms with Gasteiger partial charge in [0.25, 0.3) is 0 Å². The third kappa shape index (κ3) is 2.73. The highest BCUT2D eigenvalue weighted by Gasteiger charge is 2.38. The minimum atomic E-state index is -4.68. The summed E-state index contributed by atoms with van der Waals surface area (Å²) < 4.78 is 42.4. The highest BCUT2D eigenvalue weighted by atomic mass is 19.4. The summed E-state index contributed by atoms with van der Waals surface area (Å²) >= 11 is 0. The lowest BCUT2D eigenvalue weighted by molar-refractivity contribution is -0.159. The zero-order valence-electron chi connectivity index (χ0n) is 10.7. The molecule has 0 amide bonds. The number of H-pyrrole nitrogens is 1. The minimum Gasteiger partial charge on any atom is -0.329 e. The van der Waals surface area contributed by atoms with Crippen molar-refractivity contribution in [2.75, 3.05) is 0 Å². The number of hydrogen-bond acceptors (Lipinski definition) is 6. The van der Waals surface area contributed by atoms with Gasteiger partial charge in [0.15, 0.2) is 0 Å². The van der Waals surface area contributed by atoms with Gasteiger partial charge in [0.1, 0.15) is 0 Å². The van der Waals surface area contributed by atoms with E-state index in [2.05, 4.69) is 30.2 Å². The predicted octanol–water partition coefficient (Wildman–Crippen LogP) is 1.08. The summed E-state index contributed by atoms with van der Waals surface area (Å²) in [6.07, 6.45) is -4.68. The fourth-order valence-corrected chi connectivity index (χ4v) is 1.71. The van der Waals surface area contributed by atoms with Crippen LogP contribution in [0.25, 0.3) is 11.4 Å². The molecule has 0 bridgehead atoms. The summed E-state index contributed by atoms with van der Waals surface area (Å²) in [4.78, 5) is 14.5. The normalized spacial score (nSPS) is 11.8. The van der Waals surface area contributed by atoms with E-state index < -0.39 is 17.8 Å². The van der Waals surface area contributed by atoms with Crippen LogP contribution in [0.4, 0.5) is 13.2 Å². The second-order valence-electron chi connectivity index (χ2n) is 4.28. The van der Waals surface area contributed by atoms with Gasteiger partial charge < -0.3 is 4.52 Å². The highest BCUT2D eigenvalue weighted by Crippen LogP contribution is 2.29. The van der Waals surface area contributed by atoms with Crippen molar-refractivity contribution in [2.24, 2.45) is 0 Å². The van der Waals surface area contributed by atoms with Crippen LogP contribution in [0.3, 0.4) is 0 Å². The van der Waals surface area contributed by atoms with Gasteiger partial charge >= 0.3 is 17.8 Å². The van der Waals surface area contributed by atoms with Crippen LogP contribution in [0.5, 0.6) is 0 Å². The van der Waals surface area contributed by atoms with Crippen LogP contribution in [-0.2, 0) is 12.7 Å². The average molecular weight is 312 g/mol. The zero-order valence-corrected chi connectivity index (χ0v) is 10.7. The summed E-state index contributed by atoms with van der Waals surface area (Å²) in [6.45, 7) is 0.176. The second-order valence-corrected chi connectivity index (χ2v) is 4.28. The average Bonchev–Trinajstić information content (AvgIpc) is 3.09. The maximum atomic E-state index is 12.4. The largest absolute Gasteiger partial charge is 0.471 e. The molecule has 0 atom stereocenters. The molecular formula is C11H7F3N6O2. The van der Waals surface area contributed by atoms with Crippen molar-refractivity contribution >= 4 is 0 Å². The third-order valence-corrected chi connectivity index (χ3v) is 2.75. The van der Waals surface area contributed by atoms with E-state index in [0.29, 0.717) is 11.1 Å². The van der Waals surface area contributed by atoms with Gasteiger partial charge in [-0.25, -0.2) is 9.89 Å². The Kier molecular flexibility index (Phi) is 3.23. The predicted molar refractivity (Wildman–Crippen MR) is 64.5 cm³/mol. The molecule has 2 aromatic heterocycles. The number of nitrogens with one attached hydrogen (secondary N) is 1. The van der Waals surface area contributed by atoms with Crippen molar-refractivity contribution in [3.05, 3.63) is 46.2 Å². The van der Waals surface area contributed by atoms with E-state index in [9.17, 15) is 18.0 Å². The number of aromatic amines is 1. The van der Waals surface area contributed by atoms with Crippen LogP contribution in [0.1, 0.15) is 11.5 Å². The minimum absolute atomic E-state index is 0.169. The topological polar surface area (TPSA) is 102 Å². The number of alkyl halides is 3. The molecule has 8 nitrogen and oxygen atoms in total. The van der Waals surface area contributed by atoms with E-state index in [1.807, 2.05) is 0 Å². The Bertz CT molecular complexity index is 832. The number of aromatic nitrogens is 6. The van der Waals surface area contributed by atoms with Crippen molar-refractivity contribution in [1.29, 1.82) is 0 Å². The third-order valence-electron chi connectivity index (χ3n) is 2.75. The molecule has 11 heteroatoms. The molecular weight excluding hydrogens is 305 g/mol. The van der Waals surface area contributed by atoms with Gasteiger partial charge in [0.05, 0.1) is 6.54 Å². The Balaban J connectivity index is 1.81. The fourth-order valence-electron chi connectivity index (χ4n) is 1.71. The molecule has 0 saturated heterocycles. The molecule has 0 fully saturated rings. The van der Waals surface area contributed by atoms with E-state index in [1.165, 1.54) is 12.1 Å². The molecule has 3 rings (SSSR count). The van der Waals surface area contributed by atoms with E-state index in [1.54, 1.807) is 12.1 Å². The standard InChI is InChI=1S/C11H7F3N6O2/c12-11(13,14)9-15-8(17-22-9)7-3-1-6(2-4-7)5-20-10(21)16-18-19-20/h1-4H,5H2,(H,16,19,21). The number of nitrogens with zero attached hydrogens (tertiary/aromatic N) is 5. The van der Waals surface area contributed by atoms with Gasteiger partial charge in [-0.15, -0.1) is 0 Å². The maximum Gasteiger partial charge on any atom is 0.471 e. The summed E-state index contributed by atoms with van der Waals surface area (Å²) in [5.41, 5.74) is 0.604. The molecule has 114 valence electrons. The van der Waals surface area contributed by atoms with Gasteiger partial charge in [0.2, 0.25) is 5.82 Å². The number of benzene rings is 1. The molecule has 1 N–H and O–H groups in total. The van der Waals surface area contributed by atoms with E-state index in [0.717, 1.165) is 4.68 Å². The first-order valence-corrected chi connectivity index (χ1v) is 5.92. The monoisotopic (exact) mass is 312 g/mol. The van der Waals surface area contributed by atoms with E-state index >= 15 is 0 Å². The fraction of sp³-hybridized carbons (Fsp3) is 0.182. The number of halogens is 3. The molecule has 0 aliphatic rings. The number of hydrogen-bond donors (Lipinski definition) is 1. The van der Waals surface area contributed by atoms with Crippen LogP contribution in [0.2, 0.25) is 0 Å². The Morgan fingerprint density at radius 3 is 2.50 bits per heavy atom. The van der Waals surface area contributed by atoms with Gasteiger partial charge in [-0.05, 0) is 16.0 Å². The molecule has 0 radical (unpaired) electrons. The lowest BCUT2D eigenvalue weighted by Crippen LogP contribution is -2.18. The van der Waals surface area contributed by atoms with Crippen LogP contribution in [0, 0.1) is 0 Å². The Hall–Kier alpha value is -2.98. The van der Waals surface area contributed by atoms with Crippen molar-refractivity contribution in [3.8, 4) is 11.4 Å².